The molecule has 0 aromatic carbocycles. The van der Waals surface area contributed by atoms with Crippen molar-refractivity contribution in [3.05, 3.63) is 12.7 Å². The van der Waals surface area contributed by atoms with Gasteiger partial charge in [0.1, 0.15) is 12.6 Å². The first-order valence-electron chi connectivity index (χ1n) is 6.29. The Morgan fingerprint density at radius 3 is 2.95 bits per heavy atom. The average Bonchev–Trinajstić information content (AvgIpc) is 2.45. The summed E-state index contributed by atoms with van der Waals surface area (Å²) in [5, 5.41) is 20.4. The molecule has 8 heteroatoms. The number of rotatable bonds is 7. The van der Waals surface area contributed by atoms with Crippen LogP contribution in [-0.4, -0.2) is 78.8 Å². The number of hydrogen-bond acceptors (Lipinski definition) is 6. The first kappa shape index (κ1) is 16.4. The molecular formula is C12H20N2O6. The van der Waals surface area contributed by atoms with E-state index in [0.29, 0.717) is 13.2 Å². The third kappa shape index (κ3) is 4.80. The number of aliphatic hydroxyl groups is 1. The van der Waals surface area contributed by atoms with E-state index in [4.69, 9.17) is 19.7 Å². The second-order valence-electron chi connectivity index (χ2n) is 4.27. The monoisotopic (exact) mass is 288 g/mol. The molecule has 0 aromatic heterocycles. The molecule has 1 heterocycles. The van der Waals surface area contributed by atoms with Crippen molar-refractivity contribution in [1.29, 1.82) is 0 Å². The van der Waals surface area contributed by atoms with Gasteiger partial charge >= 0.3 is 12.1 Å². The number of carboxylic acids is 1. The molecule has 0 unspecified atom stereocenters. The number of carboxylic acid groups (broad SMARTS) is 1. The molecule has 1 fully saturated rings. The fraction of sp³-hybridized carbons (Fsp3) is 0.667. The second-order valence-corrected chi connectivity index (χ2v) is 4.27. The number of morpholine rings is 1. The first-order valence-corrected chi connectivity index (χ1v) is 6.29. The number of carbonyl (C=O) groups excluding carboxylic acids is 1. The van der Waals surface area contributed by atoms with Crippen LogP contribution in [0.4, 0.5) is 4.79 Å². The van der Waals surface area contributed by atoms with Crippen molar-refractivity contribution >= 4 is 12.1 Å². The fourth-order valence-electron chi connectivity index (χ4n) is 1.79. The highest BCUT2D eigenvalue weighted by Crippen LogP contribution is 2.08. The predicted molar refractivity (Wildman–Crippen MR) is 69.4 cm³/mol. The van der Waals surface area contributed by atoms with Crippen LogP contribution in [0.15, 0.2) is 12.7 Å². The van der Waals surface area contributed by atoms with E-state index in [0.717, 1.165) is 0 Å². The van der Waals surface area contributed by atoms with Crippen molar-refractivity contribution < 1.29 is 29.3 Å². The molecule has 1 aliphatic rings. The number of nitrogens with one attached hydrogen (secondary N) is 1. The number of ether oxygens (including phenoxy) is 2. The van der Waals surface area contributed by atoms with E-state index in [2.05, 4.69) is 11.9 Å². The number of carbonyl (C=O) groups is 2. The molecule has 0 aromatic rings. The lowest BCUT2D eigenvalue weighted by molar-refractivity contribution is -0.140. The number of aliphatic carboxylic acids is 1. The highest BCUT2D eigenvalue weighted by molar-refractivity contribution is 5.73. The minimum atomic E-state index is -1.15. The van der Waals surface area contributed by atoms with Gasteiger partial charge in [0.25, 0.3) is 0 Å². The molecule has 0 spiro atoms. The molecule has 20 heavy (non-hydrogen) atoms. The van der Waals surface area contributed by atoms with Gasteiger partial charge in [0.15, 0.2) is 0 Å². The van der Waals surface area contributed by atoms with Gasteiger partial charge in [-0.1, -0.05) is 12.7 Å². The highest BCUT2D eigenvalue weighted by Gasteiger charge is 2.29. The standard InChI is InChI=1S/C12H20N2O6/c1-2-4-20-12(18)14-3-5-19-8-9(14)6-13-10(7-15)11(16)17/h2,9-10,13,15H,1,3-8H2,(H,16,17)/t9-,10-/m0/s1. The number of amides is 1. The lowest BCUT2D eigenvalue weighted by Gasteiger charge is -2.35. The maximum Gasteiger partial charge on any atom is 0.410 e. The Morgan fingerprint density at radius 1 is 1.60 bits per heavy atom. The lowest BCUT2D eigenvalue weighted by Crippen LogP contribution is -2.55. The third-order valence-corrected chi connectivity index (χ3v) is 2.87. The summed E-state index contributed by atoms with van der Waals surface area (Å²) < 4.78 is 10.2. The largest absolute Gasteiger partial charge is 0.480 e. The summed E-state index contributed by atoms with van der Waals surface area (Å²) in [6.45, 7) is 4.31. The van der Waals surface area contributed by atoms with Crippen LogP contribution >= 0.6 is 0 Å². The molecule has 1 amide bonds. The molecule has 0 bridgehead atoms. The molecule has 3 N–H and O–H groups in total. The topological polar surface area (TPSA) is 108 Å². The van der Waals surface area contributed by atoms with Gasteiger partial charge in [-0.15, -0.1) is 0 Å². The summed E-state index contributed by atoms with van der Waals surface area (Å²) in [5.41, 5.74) is 0. The van der Waals surface area contributed by atoms with Gasteiger partial charge in [0.05, 0.1) is 25.9 Å². The van der Waals surface area contributed by atoms with Crippen LogP contribution in [0.3, 0.4) is 0 Å². The zero-order chi connectivity index (χ0) is 15.0. The van der Waals surface area contributed by atoms with Crippen molar-refractivity contribution in [2.45, 2.75) is 12.1 Å². The molecule has 0 radical (unpaired) electrons. The summed E-state index contributed by atoms with van der Waals surface area (Å²) in [4.78, 5) is 24.1. The Hall–Kier alpha value is -1.64. The van der Waals surface area contributed by atoms with Crippen molar-refractivity contribution in [2.24, 2.45) is 0 Å². The zero-order valence-electron chi connectivity index (χ0n) is 11.2. The summed E-state index contributed by atoms with van der Waals surface area (Å²) in [5.74, 6) is -1.15. The fourth-order valence-corrected chi connectivity index (χ4v) is 1.79. The highest BCUT2D eigenvalue weighted by atomic mass is 16.6. The van der Waals surface area contributed by atoms with E-state index in [1.165, 1.54) is 11.0 Å². The SMILES string of the molecule is C=CCOC(=O)N1CCOC[C@@H]1CN[C@@H](CO)C(=O)O. The van der Waals surface area contributed by atoms with E-state index < -0.39 is 24.7 Å². The third-order valence-electron chi connectivity index (χ3n) is 2.87. The quantitative estimate of drug-likeness (QED) is 0.518. The predicted octanol–water partition coefficient (Wildman–Crippen LogP) is -0.955. The van der Waals surface area contributed by atoms with E-state index in [-0.39, 0.29) is 25.8 Å². The summed E-state index contributed by atoms with van der Waals surface area (Å²) in [7, 11) is 0. The summed E-state index contributed by atoms with van der Waals surface area (Å²) in [6, 6.07) is -1.41. The molecule has 0 aliphatic carbocycles. The number of aliphatic hydroxyl groups excluding tert-OH is 1. The molecule has 2 atom stereocenters. The Bertz CT molecular complexity index is 349. The Labute approximate surface area is 117 Å². The lowest BCUT2D eigenvalue weighted by atomic mass is 10.2. The summed E-state index contributed by atoms with van der Waals surface area (Å²) in [6.07, 6.45) is 0.980. The molecule has 1 aliphatic heterocycles. The van der Waals surface area contributed by atoms with Crippen LogP contribution in [0.2, 0.25) is 0 Å². The van der Waals surface area contributed by atoms with E-state index >= 15 is 0 Å². The maximum absolute atomic E-state index is 11.8. The van der Waals surface area contributed by atoms with Crippen LogP contribution in [0.5, 0.6) is 0 Å². The van der Waals surface area contributed by atoms with Crippen LogP contribution in [0, 0.1) is 0 Å². The van der Waals surface area contributed by atoms with Gasteiger partial charge in [0, 0.05) is 13.1 Å². The van der Waals surface area contributed by atoms with Gasteiger partial charge < -0.3 is 25.0 Å². The van der Waals surface area contributed by atoms with Gasteiger partial charge in [-0.05, 0) is 0 Å². The normalized spacial score (nSPS) is 20.2. The smallest absolute Gasteiger partial charge is 0.410 e. The number of hydrogen-bond donors (Lipinski definition) is 3. The number of nitrogens with zero attached hydrogens (tertiary/aromatic N) is 1. The van der Waals surface area contributed by atoms with Gasteiger partial charge in [-0.2, -0.15) is 0 Å². The van der Waals surface area contributed by atoms with Crippen LogP contribution < -0.4 is 5.32 Å². The van der Waals surface area contributed by atoms with Crippen LogP contribution in [-0.2, 0) is 14.3 Å². The van der Waals surface area contributed by atoms with Gasteiger partial charge in [0.2, 0.25) is 0 Å². The molecule has 114 valence electrons. The molecule has 8 nitrogen and oxygen atoms in total. The molecule has 0 saturated carbocycles. The molecular weight excluding hydrogens is 268 g/mol. The minimum Gasteiger partial charge on any atom is -0.480 e. The van der Waals surface area contributed by atoms with Crippen molar-refractivity contribution in [1.82, 2.24) is 10.2 Å². The van der Waals surface area contributed by atoms with Crippen molar-refractivity contribution in [3.63, 3.8) is 0 Å². The molecule has 1 saturated heterocycles. The first-order chi connectivity index (χ1) is 9.60. The molecule has 1 rings (SSSR count). The maximum atomic E-state index is 11.8. The Kier molecular flexibility index (Phi) is 6.99. The minimum absolute atomic E-state index is 0.116. The van der Waals surface area contributed by atoms with Gasteiger partial charge in [-0.3, -0.25) is 9.69 Å². The second kappa shape index (κ2) is 8.51. The average molecular weight is 288 g/mol. The van der Waals surface area contributed by atoms with Gasteiger partial charge in [-0.25, -0.2) is 4.79 Å². The van der Waals surface area contributed by atoms with E-state index in [9.17, 15) is 9.59 Å². The van der Waals surface area contributed by atoms with E-state index in [1.54, 1.807) is 0 Å². The Balaban J connectivity index is 2.53. The van der Waals surface area contributed by atoms with Crippen molar-refractivity contribution in [3.8, 4) is 0 Å². The van der Waals surface area contributed by atoms with E-state index in [1.807, 2.05) is 0 Å². The Morgan fingerprint density at radius 2 is 2.35 bits per heavy atom. The van der Waals surface area contributed by atoms with Crippen LogP contribution in [0.1, 0.15) is 0 Å². The summed E-state index contributed by atoms with van der Waals surface area (Å²) >= 11 is 0. The van der Waals surface area contributed by atoms with Crippen molar-refractivity contribution in [2.75, 3.05) is 39.5 Å². The van der Waals surface area contributed by atoms with Crippen LogP contribution in [0.25, 0.3) is 0 Å². The zero-order valence-corrected chi connectivity index (χ0v) is 11.2.